The Hall–Kier alpha value is -4.07. The van der Waals surface area contributed by atoms with Gasteiger partial charge < -0.3 is 19.3 Å². The summed E-state index contributed by atoms with van der Waals surface area (Å²) in [6.07, 6.45) is 1.67. The van der Waals surface area contributed by atoms with Gasteiger partial charge in [-0.15, -0.1) is 6.58 Å². The predicted octanol–water partition coefficient (Wildman–Crippen LogP) is 4.75. The summed E-state index contributed by atoms with van der Waals surface area (Å²) in [5.74, 6) is 1.96. The quantitative estimate of drug-likeness (QED) is 0.527. The van der Waals surface area contributed by atoms with E-state index in [1.807, 2.05) is 50.2 Å². The summed E-state index contributed by atoms with van der Waals surface area (Å²) in [5.41, 5.74) is 4.19. The molecule has 1 aromatic heterocycles. The molecule has 0 spiro atoms. The summed E-state index contributed by atoms with van der Waals surface area (Å²) in [4.78, 5) is 19.2. The SMILES string of the molecule is C=CCN1C(=O)NC(c2ccc(OC)c(OC)c2)C(c2nc(-c3ccc(C)cc3)no2)=C1C. The number of aryl methyl sites for hydroxylation is 1. The van der Waals surface area contributed by atoms with Crippen molar-refractivity contribution < 1.29 is 18.8 Å². The number of amides is 2. The minimum absolute atomic E-state index is 0.241. The van der Waals surface area contributed by atoms with Crippen LogP contribution in [0.3, 0.4) is 0 Å². The zero-order valence-corrected chi connectivity index (χ0v) is 19.1. The Morgan fingerprint density at radius 2 is 1.85 bits per heavy atom. The van der Waals surface area contributed by atoms with Gasteiger partial charge in [0, 0.05) is 17.8 Å². The summed E-state index contributed by atoms with van der Waals surface area (Å²) in [6, 6.07) is 12.6. The number of urea groups is 1. The van der Waals surface area contributed by atoms with Crippen molar-refractivity contribution >= 4 is 11.6 Å². The molecule has 1 unspecified atom stereocenters. The van der Waals surface area contributed by atoms with Gasteiger partial charge in [0.15, 0.2) is 11.5 Å². The zero-order valence-electron chi connectivity index (χ0n) is 19.1. The van der Waals surface area contributed by atoms with Gasteiger partial charge in [-0.25, -0.2) is 4.79 Å². The number of carbonyl (C=O) groups excluding carboxylic acids is 1. The molecule has 33 heavy (non-hydrogen) atoms. The highest BCUT2D eigenvalue weighted by atomic mass is 16.5. The molecule has 0 saturated carbocycles. The fourth-order valence-corrected chi connectivity index (χ4v) is 3.84. The first-order valence-electron chi connectivity index (χ1n) is 10.5. The van der Waals surface area contributed by atoms with E-state index in [1.54, 1.807) is 31.3 Å². The summed E-state index contributed by atoms with van der Waals surface area (Å²) in [6.45, 7) is 7.99. The third-order valence-corrected chi connectivity index (χ3v) is 5.62. The van der Waals surface area contributed by atoms with E-state index in [4.69, 9.17) is 14.0 Å². The molecular formula is C25H26N4O4. The number of allylic oxidation sites excluding steroid dienone is 1. The molecule has 1 aliphatic heterocycles. The summed E-state index contributed by atoms with van der Waals surface area (Å²) in [5, 5.41) is 7.24. The zero-order chi connectivity index (χ0) is 23.5. The molecule has 0 fully saturated rings. The molecule has 0 saturated heterocycles. The fourth-order valence-electron chi connectivity index (χ4n) is 3.84. The number of hydrogen-bond donors (Lipinski definition) is 1. The van der Waals surface area contributed by atoms with Crippen LogP contribution >= 0.6 is 0 Å². The molecule has 0 bridgehead atoms. The van der Waals surface area contributed by atoms with Gasteiger partial charge in [-0.05, 0) is 31.5 Å². The van der Waals surface area contributed by atoms with Crippen LogP contribution in [0.25, 0.3) is 17.0 Å². The van der Waals surface area contributed by atoms with E-state index in [0.717, 1.165) is 16.7 Å². The van der Waals surface area contributed by atoms with Gasteiger partial charge in [0.25, 0.3) is 5.89 Å². The van der Waals surface area contributed by atoms with Gasteiger partial charge >= 0.3 is 6.03 Å². The first kappa shape index (κ1) is 22.1. The summed E-state index contributed by atoms with van der Waals surface area (Å²) in [7, 11) is 3.15. The predicted molar refractivity (Wildman–Crippen MR) is 125 cm³/mol. The molecule has 2 amide bonds. The van der Waals surface area contributed by atoms with Gasteiger partial charge in [0.05, 0.1) is 25.8 Å². The Morgan fingerprint density at radius 1 is 1.12 bits per heavy atom. The van der Waals surface area contributed by atoms with Crippen LogP contribution in [0.5, 0.6) is 11.5 Å². The molecule has 8 heteroatoms. The first-order chi connectivity index (χ1) is 16.0. The Labute approximate surface area is 192 Å². The van der Waals surface area contributed by atoms with Crippen molar-refractivity contribution in [2.45, 2.75) is 19.9 Å². The van der Waals surface area contributed by atoms with Crippen LogP contribution in [0.15, 0.2) is 65.3 Å². The lowest BCUT2D eigenvalue weighted by molar-refractivity contribution is 0.209. The van der Waals surface area contributed by atoms with Crippen molar-refractivity contribution in [3.05, 3.63) is 77.8 Å². The molecule has 170 valence electrons. The largest absolute Gasteiger partial charge is 0.493 e. The van der Waals surface area contributed by atoms with E-state index in [0.29, 0.717) is 41.0 Å². The van der Waals surface area contributed by atoms with E-state index in [1.165, 1.54) is 0 Å². The Bertz CT molecular complexity index is 1210. The lowest BCUT2D eigenvalue weighted by atomic mass is 9.94. The number of aromatic nitrogens is 2. The van der Waals surface area contributed by atoms with Crippen molar-refractivity contribution in [1.29, 1.82) is 0 Å². The van der Waals surface area contributed by atoms with Crippen molar-refractivity contribution in [2.75, 3.05) is 20.8 Å². The minimum atomic E-state index is -0.523. The van der Waals surface area contributed by atoms with Crippen LogP contribution in [0, 0.1) is 6.92 Å². The third-order valence-electron chi connectivity index (χ3n) is 5.62. The van der Waals surface area contributed by atoms with Gasteiger partial charge in [0.2, 0.25) is 5.82 Å². The van der Waals surface area contributed by atoms with Crippen LogP contribution in [-0.2, 0) is 0 Å². The smallest absolute Gasteiger partial charge is 0.322 e. The monoisotopic (exact) mass is 446 g/mol. The van der Waals surface area contributed by atoms with Crippen LogP contribution in [0.1, 0.15) is 30.0 Å². The minimum Gasteiger partial charge on any atom is -0.493 e. The van der Waals surface area contributed by atoms with Crippen molar-refractivity contribution in [1.82, 2.24) is 20.4 Å². The lowest BCUT2D eigenvalue weighted by Crippen LogP contribution is -2.46. The number of nitrogens with one attached hydrogen (secondary N) is 1. The molecule has 1 atom stereocenters. The number of carbonyl (C=O) groups is 1. The van der Waals surface area contributed by atoms with Crippen molar-refractivity contribution in [2.24, 2.45) is 0 Å². The summed E-state index contributed by atoms with van der Waals surface area (Å²) < 4.78 is 16.5. The number of nitrogens with zero attached hydrogens (tertiary/aromatic N) is 3. The second-order valence-corrected chi connectivity index (χ2v) is 7.68. The van der Waals surface area contributed by atoms with Gasteiger partial charge in [-0.1, -0.05) is 47.1 Å². The average Bonchev–Trinajstić information content (AvgIpc) is 3.31. The van der Waals surface area contributed by atoms with E-state index >= 15 is 0 Å². The van der Waals surface area contributed by atoms with Crippen molar-refractivity contribution in [3.8, 4) is 22.9 Å². The summed E-state index contributed by atoms with van der Waals surface area (Å²) >= 11 is 0. The lowest BCUT2D eigenvalue weighted by Gasteiger charge is -2.34. The fraction of sp³-hybridized carbons (Fsp3) is 0.240. The van der Waals surface area contributed by atoms with E-state index in [-0.39, 0.29) is 6.03 Å². The van der Waals surface area contributed by atoms with E-state index < -0.39 is 6.04 Å². The Kier molecular flexibility index (Phi) is 6.17. The molecule has 1 N–H and O–H groups in total. The number of methoxy groups -OCH3 is 2. The molecule has 2 heterocycles. The van der Waals surface area contributed by atoms with Crippen LogP contribution < -0.4 is 14.8 Å². The molecular weight excluding hydrogens is 420 g/mol. The highest BCUT2D eigenvalue weighted by Gasteiger charge is 2.35. The Morgan fingerprint density at radius 3 is 2.52 bits per heavy atom. The molecule has 0 aliphatic carbocycles. The second kappa shape index (κ2) is 9.20. The molecule has 8 nitrogen and oxygen atoms in total. The van der Waals surface area contributed by atoms with E-state index in [9.17, 15) is 4.79 Å². The molecule has 1 aliphatic rings. The second-order valence-electron chi connectivity index (χ2n) is 7.68. The normalized spacial score (nSPS) is 15.9. The first-order valence-corrected chi connectivity index (χ1v) is 10.5. The average molecular weight is 447 g/mol. The number of rotatable bonds is 7. The van der Waals surface area contributed by atoms with Crippen LogP contribution in [0.2, 0.25) is 0 Å². The topological polar surface area (TPSA) is 89.7 Å². The highest BCUT2D eigenvalue weighted by molar-refractivity contribution is 5.87. The standard InChI is InChI=1S/C25H26N4O4/c1-6-13-29-16(3)21(24-27-23(28-33-24)17-9-7-15(2)8-10-17)22(26-25(29)30)18-11-12-19(31-4)20(14-18)32-5/h6-12,14,22H,1,13H2,2-5H3,(H,26,30). The highest BCUT2D eigenvalue weighted by Crippen LogP contribution is 2.40. The van der Waals surface area contributed by atoms with Crippen LogP contribution in [0.4, 0.5) is 4.79 Å². The maximum Gasteiger partial charge on any atom is 0.322 e. The van der Waals surface area contributed by atoms with Gasteiger partial charge in [-0.3, -0.25) is 4.90 Å². The van der Waals surface area contributed by atoms with Crippen molar-refractivity contribution in [3.63, 3.8) is 0 Å². The Balaban J connectivity index is 1.82. The van der Waals surface area contributed by atoms with Crippen LogP contribution in [-0.4, -0.2) is 41.8 Å². The van der Waals surface area contributed by atoms with Gasteiger partial charge in [-0.2, -0.15) is 4.98 Å². The molecule has 3 aromatic rings. The molecule has 2 aromatic carbocycles. The number of benzene rings is 2. The molecule has 4 rings (SSSR count). The maximum atomic E-state index is 12.9. The van der Waals surface area contributed by atoms with E-state index in [2.05, 4.69) is 22.0 Å². The maximum absolute atomic E-state index is 12.9. The number of hydrogen-bond acceptors (Lipinski definition) is 6. The molecule has 0 radical (unpaired) electrons. The number of ether oxygens (including phenoxy) is 2. The third kappa shape index (κ3) is 4.19. The van der Waals surface area contributed by atoms with Gasteiger partial charge in [0.1, 0.15) is 0 Å².